The summed E-state index contributed by atoms with van der Waals surface area (Å²) >= 11 is 0. The molecule has 0 bridgehead atoms. The Morgan fingerprint density at radius 3 is 2.42 bits per heavy atom. The van der Waals surface area contributed by atoms with Crippen molar-refractivity contribution in [3.63, 3.8) is 0 Å². The largest absolute Gasteiger partial charge is 0.361 e. The molecule has 0 aliphatic carbocycles. The zero-order chi connectivity index (χ0) is 13.8. The Balaban J connectivity index is 1.98. The molecule has 2 rings (SSSR count). The summed E-state index contributed by atoms with van der Waals surface area (Å²) in [6, 6.07) is -0.0450. The van der Waals surface area contributed by atoms with E-state index in [-0.39, 0.29) is 12.1 Å². The maximum atomic E-state index is 12.2. The maximum absolute atomic E-state index is 12.2. The topological polar surface area (TPSA) is 58.4 Å². The monoisotopic (exact) mass is 265 g/mol. The molecule has 2 amide bonds. The molecule has 0 saturated carbocycles. The lowest BCUT2D eigenvalue weighted by molar-refractivity contribution is 0.196. The van der Waals surface area contributed by atoms with E-state index in [2.05, 4.69) is 10.5 Å². The third-order valence-electron chi connectivity index (χ3n) is 3.75. The van der Waals surface area contributed by atoms with E-state index in [1.807, 2.05) is 25.7 Å². The number of urea groups is 1. The summed E-state index contributed by atoms with van der Waals surface area (Å²) in [5.74, 6) is 0.779. The zero-order valence-corrected chi connectivity index (χ0v) is 12.0. The lowest BCUT2D eigenvalue weighted by atomic mass is 10.1. The molecule has 0 aromatic carbocycles. The first kappa shape index (κ1) is 13.9. The van der Waals surface area contributed by atoms with Crippen LogP contribution in [0.2, 0.25) is 0 Å². The molecule has 1 N–H and O–H groups in total. The molecule has 2 heterocycles. The van der Waals surface area contributed by atoms with Crippen LogP contribution in [0.3, 0.4) is 0 Å². The van der Waals surface area contributed by atoms with Crippen molar-refractivity contribution in [2.24, 2.45) is 0 Å². The lowest BCUT2D eigenvalue weighted by Gasteiger charge is -2.23. The Labute approximate surface area is 114 Å². The number of aromatic nitrogens is 1. The number of carbonyl (C=O) groups excluding carboxylic acids is 1. The zero-order valence-electron chi connectivity index (χ0n) is 12.0. The van der Waals surface area contributed by atoms with Crippen LogP contribution in [-0.4, -0.2) is 29.2 Å². The first-order valence-electron chi connectivity index (χ1n) is 7.08. The van der Waals surface area contributed by atoms with Crippen molar-refractivity contribution in [1.82, 2.24) is 15.4 Å². The van der Waals surface area contributed by atoms with Gasteiger partial charge in [0, 0.05) is 18.7 Å². The molecule has 1 fully saturated rings. The Hall–Kier alpha value is -1.52. The molecule has 1 aromatic rings. The molecule has 1 saturated heterocycles. The van der Waals surface area contributed by atoms with Crippen LogP contribution in [0.25, 0.3) is 0 Å². The van der Waals surface area contributed by atoms with Crippen LogP contribution in [0, 0.1) is 13.8 Å². The van der Waals surface area contributed by atoms with Gasteiger partial charge in [0.25, 0.3) is 0 Å². The van der Waals surface area contributed by atoms with Crippen molar-refractivity contribution in [1.29, 1.82) is 0 Å². The molecule has 106 valence electrons. The van der Waals surface area contributed by atoms with Crippen molar-refractivity contribution in [2.45, 2.75) is 52.5 Å². The highest BCUT2D eigenvalue weighted by Gasteiger charge is 2.21. The molecule has 5 nitrogen and oxygen atoms in total. The van der Waals surface area contributed by atoms with Gasteiger partial charge in [-0.3, -0.25) is 0 Å². The minimum absolute atomic E-state index is 0.0226. The van der Waals surface area contributed by atoms with Crippen LogP contribution in [0.15, 0.2) is 4.52 Å². The van der Waals surface area contributed by atoms with Crippen LogP contribution in [-0.2, 0) is 0 Å². The van der Waals surface area contributed by atoms with Crippen molar-refractivity contribution < 1.29 is 9.32 Å². The van der Waals surface area contributed by atoms with Gasteiger partial charge in [-0.05, 0) is 33.6 Å². The Kier molecular flexibility index (Phi) is 4.45. The average molecular weight is 265 g/mol. The fourth-order valence-electron chi connectivity index (χ4n) is 2.73. The van der Waals surface area contributed by atoms with E-state index in [9.17, 15) is 4.79 Å². The summed E-state index contributed by atoms with van der Waals surface area (Å²) in [5, 5.41) is 6.98. The van der Waals surface area contributed by atoms with Gasteiger partial charge in [-0.1, -0.05) is 18.0 Å². The van der Waals surface area contributed by atoms with Gasteiger partial charge >= 0.3 is 6.03 Å². The van der Waals surface area contributed by atoms with Gasteiger partial charge in [0.2, 0.25) is 0 Å². The number of nitrogens with zero attached hydrogens (tertiary/aromatic N) is 2. The second-order valence-corrected chi connectivity index (χ2v) is 5.31. The van der Waals surface area contributed by atoms with E-state index in [0.29, 0.717) is 0 Å². The van der Waals surface area contributed by atoms with Crippen LogP contribution in [0.5, 0.6) is 0 Å². The fraction of sp³-hybridized carbons (Fsp3) is 0.714. The molecular formula is C14H23N3O2. The van der Waals surface area contributed by atoms with E-state index < -0.39 is 0 Å². The SMILES string of the molecule is Cc1noc(C)c1C(C)NC(=O)N1CCCCCC1. The van der Waals surface area contributed by atoms with E-state index in [1.165, 1.54) is 12.8 Å². The minimum Gasteiger partial charge on any atom is -0.361 e. The maximum Gasteiger partial charge on any atom is 0.317 e. The summed E-state index contributed by atoms with van der Waals surface area (Å²) in [6.07, 6.45) is 4.66. The number of carbonyl (C=O) groups is 1. The second kappa shape index (κ2) is 6.08. The van der Waals surface area contributed by atoms with Gasteiger partial charge in [-0.15, -0.1) is 0 Å². The number of hydrogen-bond acceptors (Lipinski definition) is 3. The molecular weight excluding hydrogens is 242 g/mol. The number of hydrogen-bond donors (Lipinski definition) is 1. The third-order valence-corrected chi connectivity index (χ3v) is 3.75. The third kappa shape index (κ3) is 3.28. The first-order chi connectivity index (χ1) is 9.09. The van der Waals surface area contributed by atoms with Crippen molar-refractivity contribution in [3.8, 4) is 0 Å². The lowest BCUT2D eigenvalue weighted by Crippen LogP contribution is -2.41. The van der Waals surface area contributed by atoms with Gasteiger partial charge in [0.05, 0.1) is 11.7 Å². The Morgan fingerprint density at radius 1 is 1.26 bits per heavy atom. The summed E-state index contributed by atoms with van der Waals surface area (Å²) in [4.78, 5) is 14.2. The summed E-state index contributed by atoms with van der Waals surface area (Å²) in [5.41, 5.74) is 1.84. The molecule has 19 heavy (non-hydrogen) atoms. The Bertz CT molecular complexity index is 414. The highest BCUT2D eigenvalue weighted by atomic mass is 16.5. The number of likely N-dealkylation sites (tertiary alicyclic amines) is 1. The van der Waals surface area contributed by atoms with Crippen molar-refractivity contribution in [3.05, 3.63) is 17.0 Å². The van der Waals surface area contributed by atoms with Crippen LogP contribution in [0.4, 0.5) is 4.79 Å². The highest BCUT2D eigenvalue weighted by molar-refractivity contribution is 5.74. The number of nitrogens with one attached hydrogen (secondary N) is 1. The number of rotatable bonds is 2. The smallest absolute Gasteiger partial charge is 0.317 e. The van der Waals surface area contributed by atoms with E-state index in [1.54, 1.807) is 0 Å². The summed E-state index contributed by atoms with van der Waals surface area (Å²) in [7, 11) is 0. The van der Waals surface area contributed by atoms with E-state index in [0.717, 1.165) is 42.9 Å². The van der Waals surface area contributed by atoms with Crippen molar-refractivity contribution >= 4 is 6.03 Å². The quantitative estimate of drug-likeness (QED) is 0.894. The molecule has 1 aromatic heterocycles. The molecule has 1 aliphatic rings. The normalized spacial score (nSPS) is 17.9. The van der Waals surface area contributed by atoms with Gasteiger partial charge in [0.15, 0.2) is 0 Å². The van der Waals surface area contributed by atoms with Gasteiger partial charge in [-0.2, -0.15) is 0 Å². The predicted octanol–water partition coefficient (Wildman–Crippen LogP) is 2.94. The number of aryl methyl sites for hydroxylation is 2. The molecule has 1 aliphatic heterocycles. The molecule has 0 radical (unpaired) electrons. The predicted molar refractivity (Wildman–Crippen MR) is 73.0 cm³/mol. The average Bonchev–Trinajstić information content (AvgIpc) is 2.59. The van der Waals surface area contributed by atoms with Gasteiger partial charge < -0.3 is 14.7 Å². The van der Waals surface area contributed by atoms with Crippen LogP contribution < -0.4 is 5.32 Å². The first-order valence-corrected chi connectivity index (χ1v) is 7.08. The van der Waals surface area contributed by atoms with Crippen molar-refractivity contribution in [2.75, 3.05) is 13.1 Å². The second-order valence-electron chi connectivity index (χ2n) is 5.31. The van der Waals surface area contributed by atoms with Gasteiger partial charge in [-0.25, -0.2) is 4.79 Å². The van der Waals surface area contributed by atoms with Gasteiger partial charge in [0.1, 0.15) is 5.76 Å². The summed E-state index contributed by atoms with van der Waals surface area (Å²) < 4.78 is 5.15. The molecule has 0 spiro atoms. The Morgan fingerprint density at radius 2 is 1.89 bits per heavy atom. The van der Waals surface area contributed by atoms with Crippen LogP contribution in [0.1, 0.15) is 55.7 Å². The standard InChI is InChI=1S/C14H23N3O2/c1-10(13-11(2)16-19-12(13)3)15-14(18)17-8-6-4-5-7-9-17/h10H,4-9H2,1-3H3,(H,15,18). The highest BCUT2D eigenvalue weighted by Crippen LogP contribution is 2.21. The van der Waals surface area contributed by atoms with Crippen LogP contribution >= 0.6 is 0 Å². The minimum atomic E-state index is -0.0676. The molecule has 1 atom stereocenters. The summed E-state index contributed by atoms with van der Waals surface area (Å²) in [6.45, 7) is 7.48. The van der Waals surface area contributed by atoms with E-state index in [4.69, 9.17) is 4.52 Å². The number of amides is 2. The molecule has 5 heteroatoms. The van der Waals surface area contributed by atoms with E-state index >= 15 is 0 Å². The fourth-order valence-corrected chi connectivity index (χ4v) is 2.73. The molecule has 1 unspecified atom stereocenters.